The fourth-order valence-electron chi connectivity index (χ4n) is 3.67. The van der Waals surface area contributed by atoms with E-state index in [2.05, 4.69) is 37.6 Å². The topological polar surface area (TPSA) is 61.7 Å². The van der Waals surface area contributed by atoms with Crippen molar-refractivity contribution in [1.82, 2.24) is 24.5 Å². The number of hydrogen-bond acceptors (Lipinski definition) is 4. The van der Waals surface area contributed by atoms with E-state index in [0.717, 1.165) is 35.6 Å². The average Bonchev–Trinajstić information content (AvgIpc) is 3.37. The summed E-state index contributed by atoms with van der Waals surface area (Å²) in [5.41, 5.74) is 3.19. The van der Waals surface area contributed by atoms with Crippen LogP contribution in [0.3, 0.4) is 0 Å². The van der Waals surface area contributed by atoms with Gasteiger partial charge >= 0.3 is 0 Å². The van der Waals surface area contributed by atoms with E-state index in [4.69, 9.17) is 4.52 Å². The summed E-state index contributed by atoms with van der Waals surface area (Å²) >= 11 is 0. The van der Waals surface area contributed by atoms with Crippen molar-refractivity contribution < 1.29 is 4.52 Å². The summed E-state index contributed by atoms with van der Waals surface area (Å²) in [6.45, 7) is 2.78. The molecule has 25 heavy (non-hydrogen) atoms. The molecule has 0 saturated heterocycles. The van der Waals surface area contributed by atoms with Gasteiger partial charge in [-0.15, -0.1) is 0 Å². The maximum absolute atomic E-state index is 5.46. The Morgan fingerprint density at radius 3 is 2.92 bits per heavy atom. The Morgan fingerprint density at radius 1 is 1.20 bits per heavy atom. The summed E-state index contributed by atoms with van der Waals surface area (Å²) in [7, 11) is 0. The Hall–Kier alpha value is -2.37. The molecule has 0 aromatic carbocycles. The maximum atomic E-state index is 5.46. The van der Waals surface area contributed by atoms with Gasteiger partial charge < -0.3 is 9.09 Å². The first-order chi connectivity index (χ1) is 12.3. The van der Waals surface area contributed by atoms with Crippen molar-refractivity contribution in [2.75, 3.05) is 0 Å². The third-order valence-electron chi connectivity index (χ3n) is 5.00. The number of imidazole rings is 1. The molecule has 0 N–H and O–H groups in total. The maximum Gasteiger partial charge on any atom is 0.156 e. The first-order valence-corrected chi connectivity index (χ1v) is 9.32. The second-order valence-corrected chi connectivity index (χ2v) is 6.94. The Labute approximate surface area is 147 Å². The number of hydrogen-bond donors (Lipinski definition) is 0. The van der Waals surface area contributed by atoms with E-state index < -0.39 is 0 Å². The fourth-order valence-corrected chi connectivity index (χ4v) is 3.67. The van der Waals surface area contributed by atoms with Crippen LogP contribution in [0.15, 0.2) is 35.5 Å². The lowest BCUT2D eigenvalue weighted by Gasteiger charge is -2.21. The molecule has 0 bridgehead atoms. The molecule has 1 aliphatic carbocycles. The summed E-state index contributed by atoms with van der Waals surface area (Å²) in [6, 6.07) is 2.59. The largest absolute Gasteiger partial charge is 0.359 e. The molecule has 132 valence electrons. The summed E-state index contributed by atoms with van der Waals surface area (Å²) in [5, 5.41) is 8.74. The lowest BCUT2D eigenvalue weighted by Crippen LogP contribution is -2.12. The summed E-state index contributed by atoms with van der Waals surface area (Å²) in [5.74, 6) is 0.863. The molecule has 3 heterocycles. The highest BCUT2D eigenvalue weighted by Gasteiger charge is 2.17. The lowest BCUT2D eigenvalue weighted by molar-refractivity contribution is 0.329. The van der Waals surface area contributed by atoms with Crippen molar-refractivity contribution >= 4 is 0 Å². The SMILES string of the molecule is CCCc1cc(Cn2cncc2-c2cnn(C3CCCCC3)c2)on1. The highest BCUT2D eigenvalue weighted by Crippen LogP contribution is 2.29. The zero-order valence-electron chi connectivity index (χ0n) is 14.8. The van der Waals surface area contributed by atoms with Gasteiger partial charge in [0.15, 0.2) is 5.76 Å². The van der Waals surface area contributed by atoms with Crippen LogP contribution in [0.25, 0.3) is 11.3 Å². The van der Waals surface area contributed by atoms with Crippen molar-refractivity contribution in [3.63, 3.8) is 0 Å². The monoisotopic (exact) mass is 339 g/mol. The number of aryl methyl sites for hydroxylation is 1. The average molecular weight is 339 g/mol. The van der Waals surface area contributed by atoms with Crippen LogP contribution in [0.5, 0.6) is 0 Å². The second kappa shape index (κ2) is 7.25. The highest BCUT2D eigenvalue weighted by atomic mass is 16.5. The molecule has 6 heteroatoms. The van der Waals surface area contributed by atoms with E-state index in [1.807, 2.05) is 24.8 Å². The molecule has 0 spiro atoms. The highest BCUT2D eigenvalue weighted by molar-refractivity contribution is 5.56. The Bertz CT molecular complexity index is 809. The van der Waals surface area contributed by atoms with Crippen molar-refractivity contribution in [2.45, 2.75) is 64.5 Å². The van der Waals surface area contributed by atoms with Gasteiger partial charge in [-0.1, -0.05) is 37.8 Å². The van der Waals surface area contributed by atoms with Gasteiger partial charge in [-0.3, -0.25) is 4.68 Å². The van der Waals surface area contributed by atoms with Crippen molar-refractivity contribution in [1.29, 1.82) is 0 Å². The van der Waals surface area contributed by atoms with Gasteiger partial charge in [0, 0.05) is 17.8 Å². The van der Waals surface area contributed by atoms with E-state index in [-0.39, 0.29) is 0 Å². The number of nitrogens with zero attached hydrogens (tertiary/aromatic N) is 5. The van der Waals surface area contributed by atoms with E-state index >= 15 is 0 Å². The van der Waals surface area contributed by atoms with E-state index in [0.29, 0.717) is 12.6 Å². The first-order valence-electron chi connectivity index (χ1n) is 9.32. The normalized spacial score (nSPS) is 15.7. The van der Waals surface area contributed by atoms with Crippen LogP contribution in [0.1, 0.15) is 62.9 Å². The zero-order valence-corrected chi connectivity index (χ0v) is 14.8. The van der Waals surface area contributed by atoms with Crippen LogP contribution >= 0.6 is 0 Å². The van der Waals surface area contributed by atoms with Gasteiger partial charge in [-0.2, -0.15) is 5.10 Å². The smallest absolute Gasteiger partial charge is 0.156 e. The Morgan fingerprint density at radius 2 is 2.08 bits per heavy atom. The molecule has 0 aliphatic heterocycles. The molecular weight excluding hydrogens is 314 g/mol. The predicted molar refractivity (Wildman–Crippen MR) is 95.2 cm³/mol. The summed E-state index contributed by atoms with van der Waals surface area (Å²) in [4.78, 5) is 4.32. The second-order valence-electron chi connectivity index (χ2n) is 6.94. The Balaban J connectivity index is 1.51. The molecule has 4 rings (SSSR count). The first kappa shape index (κ1) is 16.1. The van der Waals surface area contributed by atoms with E-state index in [9.17, 15) is 0 Å². The van der Waals surface area contributed by atoms with Gasteiger partial charge in [-0.05, 0) is 19.3 Å². The molecule has 0 atom stereocenters. The quantitative estimate of drug-likeness (QED) is 0.674. The summed E-state index contributed by atoms with van der Waals surface area (Å²) < 4.78 is 9.70. The molecule has 0 amide bonds. The molecule has 3 aromatic heterocycles. The van der Waals surface area contributed by atoms with Gasteiger partial charge in [0.25, 0.3) is 0 Å². The molecule has 6 nitrogen and oxygen atoms in total. The van der Waals surface area contributed by atoms with E-state index in [1.165, 1.54) is 32.1 Å². The van der Waals surface area contributed by atoms with Crippen LogP contribution < -0.4 is 0 Å². The molecule has 1 saturated carbocycles. The van der Waals surface area contributed by atoms with Gasteiger partial charge in [0.1, 0.15) is 0 Å². The lowest BCUT2D eigenvalue weighted by atomic mass is 9.96. The molecule has 3 aromatic rings. The van der Waals surface area contributed by atoms with Gasteiger partial charge in [-0.25, -0.2) is 4.98 Å². The molecular formula is C19H25N5O. The third kappa shape index (κ3) is 3.52. The predicted octanol–water partition coefficient (Wildman–Crippen LogP) is 4.24. The summed E-state index contributed by atoms with van der Waals surface area (Å²) in [6.07, 6.45) is 16.3. The molecule has 0 unspecified atom stereocenters. The van der Waals surface area contributed by atoms with Crippen molar-refractivity contribution in [3.05, 3.63) is 42.4 Å². The van der Waals surface area contributed by atoms with Gasteiger partial charge in [0.2, 0.25) is 0 Å². The zero-order chi connectivity index (χ0) is 17.1. The minimum Gasteiger partial charge on any atom is -0.359 e. The van der Waals surface area contributed by atoms with Crippen molar-refractivity contribution in [2.24, 2.45) is 0 Å². The van der Waals surface area contributed by atoms with Crippen molar-refractivity contribution in [3.8, 4) is 11.3 Å². The number of rotatable bonds is 6. The van der Waals surface area contributed by atoms with Gasteiger partial charge in [0.05, 0.1) is 42.7 Å². The van der Waals surface area contributed by atoms with Crippen LogP contribution in [-0.4, -0.2) is 24.5 Å². The van der Waals surface area contributed by atoms with Crippen LogP contribution in [-0.2, 0) is 13.0 Å². The standard InChI is InChI=1S/C19H25N5O/c1-2-6-16-9-18(25-22-16)13-23-14-20-11-19(23)15-10-21-24(12-15)17-7-4-3-5-8-17/h9-12,14,17H,2-8,13H2,1H3. The van der Waals surface area contributed by atoms with E-state index in [1.54, 1.807) is 0 Å². The molecule has 0 radical (unpaired) electrons. The number of aromatic nitrogens is 5. The third-order valence-corrected chi connectivity index (χ3v) is 5.00. The Kier molecular flexibility index (Phi) is 4.68. The minimum absolute atomic E-state index is 0.546. The minimum atomic E-state index is 0.546. The van der Waals surface area contributed by atoms with Crippen LogP contribution in [0.2, 0.25) is 0 Å². The molecule has 1 aliphatic rings. The molecule has 1 fully saturated rings. The van der Waals surface area contributed by atoms with Crippen LogP contribution in [0, 0.1) is 0 Å². The fraction of sp³-hybridized carbons (Fsp3) is 0.526. The van der Waals surface area contributed by atoms with Crippen LogP contribution in [0.4, 0.5) is 0 Å².